The Balaban J connectivity index is 2.04. The van der Waals surface area contributed by atoms with Gasteiger partial charge in [-0.3, -0.25) is 4.68 Å². The highest BCUT2D eigenvalue weighted by Gasteiger charge is 2.22. The molecule has 1 N–H and O–H groups in total. The fourth-order valence-corrected chi connectivity index (χ4v) is 2.17. The predicted molar refractivity (Wildman–Crippen MR) is 66.6 cm³/mol. The van der Waals surface area contributed by atoms with Gasteiger partial charge in [-0.2, -0.15) is 5.10 Å². The molecule has 82 valence electrons. The van der Waals surface area contributed by atoms with Gasteiger partial charge < -0.3 is 5.11 Å². The third kappa shape index (κ3) is 1.73. The summed E-state index contributed by atoms with van der Waals surface area (Å²) in [5.74, 6) is 0.840. The number of aliphatic hydroxyl groups excluding tert-OH is 1. The van der Waals surface area contributed by atoms with E-state index in [4.69, 9.17) is 5.11 Å². The number of fused-ring (bicyclic) bond motifs is 1. The van der Waals surface area contributed by atoms with Gasteiger partial charge in [0.1, 0.15) is 7.85 Å². The Morgan fingerprint density at radius 3 is 2.94 bits per heavy atom. The first-order chi connectivity index (χ1) is 7.76. The number of nitrogens with zero attached hydrogens (tertiary/aromatic N) is 2. The highest BCUT2D eigenvalue weighted by molar-refractivity contribution is 6.38. The van der Waals surface area contributed by atoms with Gasteiger partial charge in [-0.05, 0) is 30.4 Å². The van der Waals surface area contributed by atoms with E-state index in [0.29, 0.717) is 0 Å². The van der Waals surface area contributed by atoms with Crippen LogP contribution in [-0.2, 0) is 13.2 Å². The molecule has 0 amide bonds. The second kappa shape index (κ2) is 3.63. The van der Waals surface area contributed by atoms with Crippen molar-refractivity contribution >= 4 is 24.2 Å². The van der Waals surface area contributed by atoms with Crippen LogP contribution in [-0.4, -0.2) is 22.7 Å². The van der Waals surface area contributed by atoms with Crippen LogP contribution in [0.25, 0.3) is 10.9 Å². The summed E-state index contributed by atoms with van der Waals surface area (Å²) < 4.78 is 2.05. The molecule has 0 unspecified atom stereocenters. The summed E-state index contributed by atoms with van der Waals surface area (Å²) in [6.45, 7) is 1.13. The fourth-order valence-electron chi connectivity index (χ4n) is 2.17. The molecule has 1 aliphatic carbocycles. The summed E-state index contributed by atoms with van der Waals surface area (Å²) in [6.07, 6.45) is 4.82. The third-order valence-corrected chi connectivity index (χ3v) is 3.26. The van der Waals surface area contributed by atoms with Crippen LogP contribution in [0, 0.1) is 5.92 Å². The summed E-state index contributed by atoms with van der Waals surface area (Å²) in [5, 5.41) is 14.9. The van der Waals surface area contributed by atoms with E-state index in [0.717, 1.165) is 23.5 Å². The molecule has 1 heterocycles. The van der Waals surface area contributed by atoms with Gasteiger partial charge in [-0.1, -0.05) is 11.5 Å². The Kier molecular flexibility index (Phi) is 2.25. The van der Waals surface area contributed by atoms with E-state index >= 15 is 0 Å². The first kappa shape index (κ1) is 9.91. The molecule has 1 saturated carbocycles. The predicted octanol–water partition coefficient (Wildman–Crippen LogP) is 0.197. The van der Waals surface area contributed by atoms with Crippen molar-refractivity contribution in [2.24, 2.45) is 5.92 Å². The Morgan fingerprint density at radius 1 is 1.44 bits per heavy atom. The molecule has 1 aliphatic rings. The molecule has 0 bridgehead atoms. The topological polar surface area (TPSA) is 38.1 Å². The van der Waals surface area contributed by atoms with Gasteiger partial charge in [0.25, 0.3) is 0 Å². The van der Waals surface area contributed by atoms with E-state index in [1.54, 1.807) is 0 Å². The van der Waals surface area contributed by atoms with Gasteiger partial charge in [-0.25, -0.2) is 0 Å². The minimum atomic E-state index is 0.0895. The standard InChI is InChI=1S/C12H15BN2O/c13-11-3-9(7-16)4-12-10(11)6-15(14-12)5-8-1-2-8/h3-4,6,8,16H,1-2,5,7,13H2. The van der Waals surface area contributed by atoms with Gasteiger partial charge in [0.2, 0.25) is 0 Å². The maximum atomic E-state index is 9.15. The van der Waals surface area contributed by atoms with E-state index in [2.05, 4.69) is 23.8 Å². The fraction of sp³-hybridized carbons (Fsp3) is 0.417. The van der Waals surface area contributed by atoms with Crippen LogP contribution in [0.15, 0.2) is 18.3 Å². The number of aliphatic hydroxyl groups is 1. The molecule has 0 spiro atoms. The Bertz CT molecular complexity index is 531. The van der Waals surface area contributed by atoms with E-state index in [1.807, 2.05) is 12.1 Å². The lowest BCUT2D eigenvalue weighted by molar-refractivity contribution is 0.282. The molecule has 0 saturated heterocycles. The average molecular weight is 214 g/mol. The van der Waals surface area contributed by atoms with Crippen LogP contribution in [0.1, 0.15) is 18.4 Å². The molecule has 0 radical (unpaired) electrons. The summed E-state index contributed by atoms with van der Waals surface area (Å²) in [6, 6.07) is 4.01. The first-order valence-corrected chi connectivity index (χ1v) is 5.84. The molecule has 3 rings (SSSR count). The molecule has 0 atom stereocenters. The Labute approximate surface area is 95.5 Å². The maximum absolute atomic E-state index is 9.15. The number of rotatable bonds is 3. The highest BCUT2D eigenvalue weighted by atomic mass is 16.3. The van der Waals surface area contributed by atoms with Crippen molar-refractivity contribution in [1.82, 2.24) is 9.78 Å². The molecule has 2 aromatic rings. The molecular weight excluding hydrogens is 199 g/mol. The molecule has 4 heteroatoms. The lowest BCUT2D eigenvalue weighted by Crippen LogP contribution is -2.04. The molecule has 16 heavy (non-hydrogen) atoms. The van der Waals surface area contributed by atoms with Crippen LogP contribution in [0.2, 0.25) is 0 Å². The van der Waals surface area contributed by atoms with Crippen LogP contribution in [0.5, 0.6) is 0 Å². The zero-order valence-electron chi connectivity index (χ0n) is 9.48. The zero-order valence-corrected chi connectivity index (χ0v) is 9.48. The summed E-state index contributed by atoms with van der Waals surface area (Å²) >= 11 is 0. The first-order valence-electron chi connectivity index (χ1n) is 5.84. The maximum Gasteiger partial charge on any atom is 0.140 e. The van der Waals surface area contributed by atoms with Crippen molar-refractivity contribution in [2.45, 2.75) is 26.0 Å². The molecule has 1 fully saturated rings. The van der Waals surface area contributed by atoms with Crippen molar-refractivity contribution in [2.75, 3.05) is 0 Å². The van der Waals surface area contributed by atoms with Crippen molar-refractivity contribution in [3.05, 3.63) is 23.9 Å². The number of aromatic nitrogens is 2. The average Bonchev–Trinajstić information content (AvgIpc) is 2.96. The Hall–Kier alpha value is -1.29. The van der Waals surface area contributed by atoms with E-state index in [1.165, 1.54) is 23.7 Å². The smallest absolute Gasteiger partial charge is 0.140 e. The largest absolute Gasteiger partial charge is 0.392 e. The normalized spacial score (nSPS) is 15.8. The SMILES string of the molecule is Bc1cc(CO)cc2nn(CC3CC3)cc12. The molecule has 0 aliphatic heterocycles. The van der Waals surface area contributed by atoms with Gasteiger partial charge in [0, 0.05) is 18.1 Å². The molecular formula is C12H15BN2O. The summed E-state index contributed by atoms with van der Waals surface area (Å²) in [5.41, 5.74) is 3.15. The van der Waals surface area contributed by atoms with E-state index < -0.39 is 0 Å². The third-order valence-electron chi connectivity index (χ3n) is 3.26. The second-order valence-electron chi connectivity index (χ2n) is 4.80. The molecule has 1 aromatic carbocycles. The lowest BCUT2D eigenvalue weighted by Gasteiger charge is -1.98. The van der Waals surface area contributed by atoms with Crippen molar-refractivity contribution in [3.63, 3.8) is 0 Å². The van der Waals surface area contributed by atoms with Crippen LogP contribution in [0.3, 0.4) is 0 Å². The molecule has 3 nitrogen and oxygen atoms in total. The number of hydrogen-bond acceptors (Lipinski definition) is 2. The van der Waals surface area contributed by atoms with Gasteiger partial charge in [0.15, 0.2) is 0 Å². The molecule has 1 aromatic heterocycles. The van der Waals surface area contributed by atoms with Crippen molar-refractivity contribution < 1.29 is 5.11 Å². The summed E-state index contributed by atoms with van der Waals surface area (Å²) in [4.78, 5) is 0. The van der Waals surface area contributed by atoms with Gasteiger partial charge in [0.05, 0.1) is 12.1 Å². The van der Waals surface area contributed by atoms with Crippen LogP contribution < -0.4 is 5.46 Å². The second-order valence-corrected chi connectivity index (χ2v) is 4.80. The van der Waals surface area contributed by atoms with Crippen LogP contribution >= 0.6 is 0 Å². The van der Waals surface area contributed by atoms with Gasteiger partial charge in [-0.15, -0.1) is 0 Å². The van der Waals surface area contributed by atoms with Gasteiger partial charge >= 0.3 is 0 Å². The monoisotopic (exact) mass is 214 g/mol. The number of hydrogen-bond donors (Lipinski definition) is 1. The minimum absolute atomic E-state index is 0.0895. The minimum Gasteiger partial charge on any atom is -0.392 e. The summed E-state index contributed by atoms with van der Waals surface area (Å²) in [7, 11) is 2.07. The van der Waals surface area contributed by atoms with E-state index in [-0.39, 0.29) is 6.61 Å². The highest BCUT2D eigenvalue weighted by Crippen LogP contribution is 2.30. The lowest BCUT2D eigenvalue weighted by atomic mass is 9.91. The van der Waals surface area contributed by atoms with Crippen LogP contribution in [0.4, 0.5) is 0 Å². The quantitative estimate of drug-likeness (QED) is 0.741. The zero-order chi connectivity index (χ0) is 11.1. The number of benzene rings is 1. The van der Waals surface area contributed by atoms with Crippen molar-refractivity contribution in [3.8, 4) is 0 Å². The van der Waals surface area contributed by atoms with Crippen molar-refractivity contribution in [1.29, 1.82) is 0 Å². The van der Waals surface area contributed by atoms with E-state index in [9.17, 15) is 0 Å². The Morgan fingerprint density at radius 2 is 2.25 bits per heavy atom.